The van der Waals surface area contributed by atoms with Crippen LogP contribution in [0.4, 0.5) is 5.69 Å². The molecule has 156 valence electrons. The molecule has 2 aromatic carbocycles. The van der Waals surface area contributed by atoms with Gasteiger partial charge in [0.25, 0.3) is 5.69 Å². The second-order valence-electron chi connectivity index (χ2n) is 6.82. The number of carbonyl (C=O) groups excluding carboxylic acids is 1. The van der Waals surface area contributed by atoms with Gasteiger partial charge >= 0.3 is 0 Å². The number of benzene rings is 2. The van der Waals surface area contributed by atoms with Crippen molar-refractivity contribution in [3.8, 4) is 17.2 Å². The molecule has 0 bridgehead atoms. The van der Waals surface area contributed by atoms with Gasteiger partial charge < -0.3 is 14.2 Å². The molecule has 0 fully saturated rings. The molecular weight excluding hydrogens is 374 g/mol. The van der Waals surface area contributed by atoms with Crippen LogP contribution in [0.15, 0.2) is 18.2 Å². The number of methoxy groups -OCH3 is 2. The van der Waals surface area contributed by atoms with Crippen LogP contribution in [0.25, 0.3) is 0 Å². The van der Waals surface area contributed by atoms with E-state index in [0.717, 1.165) is 12.8 Å². The maximum absolute atomic E-state index is 13.6. The summed E-state index contributed by atoms with van der Waals surface area (Å²) in [5.74, 6) is 0.751. The highest BCUT2D eigenvalue weighted by Crippen LogP contribution is 2.43. The molecule has 7 nitrogen and oxygen atoms in total. The number of unbranched alkanes of at least 4 members (excludes halogenated alkanes) is 1. The third-order valence-corrected chi connectivity index (χ3v) is 4.86. The molecule has 0 spiro atoms. The summed E-state index contributed by atoms with van der Waals surface area (Å²) in [5.41, 5.74) is 2.16. The van der Waals surface area contributed by atoms with Crippen LogP contribution in [0, 0.1) is 30.9 Å². The van der Waals surface area contributed by atoms with Gasteiger partial charge in [0, 0.05) is 17.2 Å². The molecular formula is C22H27NO6. The van der Waals surface area contributed by atoms with Crippen LogP contribution in [0.3, 0.4) is 0 Å². The Bertz CT molecular complexity index is 936. The number of ether oxygens (including phenoxy) is 3. The highest BCUT2D eigenvalue weighted by molar-refractivity contribution is 6.14. The summed E-state index contributed by atoms with van der Waals surface area (Å²) in [7, 11) is 3.00. The quantitative estimate of drug-likeness (QED) is 0.256. The number of rotatable bonds is 9. The molecule has 0 heterocycles. The van der Waals surface area contributed by atoms with Gasteiger partial charge in [-0.25, -0.2) is 0 Å². The molecule has 2 rings (SSSR count). The molecule has 0 radical (unpaired) electrons. The lowest BCUT2D eigenvalue weighted by molar-refractivity contribution is -0.385. The third-order valence-electron chi connectivity index (χ3n) is 4.86. The van der Waals surface area contributed by atoms with Gasteiger partial charge in [0.05, 0.1) is 31.3 Å². The van der Waals surface area contributed by atoms with Crippen LogP contribution in [-0.2, 0) is 0 Å². The van der Waals surface area contributed by atoms with Gasteiger partial charge in [-0.2, -0.15) is 0 Å². The fraction of sp³-hybridized carbons (Fsp3) is 0.409. The Morgan fingerprint density at radius 3 is 2.28 bits per heavy atom. The molecule has 0 N–H and O–H groups in total. The lowest BCUT2D eigenvalue weighted by Gasteiger charge is -2.20. The zero-order valence-electron chi connectivity index (χ0n) is 17.8. The Labute approximate surface area is 170 Å². The summed E-state index contributed by atoms with van der Waals surface area (Å²) in [6, 6.07) is 4.72. The van der Waals surface area contributed by atoms with Crippen molar-refractivity contribution in [3.05, 3.63) is 56.1 Å². The van der Waals surface area contributed by atoms with Crippen molar-refractivity contribution in [2.24, 2.45) is 0 Å². The molecule has 0 atom stereocenters. The Hall–Kier alpha value is -3.09. The van der Waals surface area contributed by atoms with Crippen molar-refractivity contribution < 1.29 is 23.9 Å². The molecule has 7 heteroatoms. The molecule has 2 aromatic rings. The molecule has 0 unspecified atom stereocenters. The number of hydrogen-bond donors (Lipinski definition) is 0. The Morgan fingerprint density at radius 1 is 1.03 bits per heavy atom. The molecule has 0 aliphatic carbocycles. The molecule has 29 heavy (non-hydrogen) atoms. The number of ketones is 1. The standard InChI is InChI=1S/C22H27NO6/c1-7-8-11-29-22-19(14(3)12-17(27-5)21(22)28-6)20(24)18-13(2)9-10-16(15(18)4)23(25)26/h9-10,12H,7-8,11H2,1-6H3. The molecule has 0 amide bonds. The first-order valence-corrected chi connectivity index (χ1v) is 9.46. The van der Waals surface area contributed by atoms with Crippen LogP contribution >= 0.6 is 0 Å². The fourth-order valence-electron chi connectivity index (χ4n) is 3.33. The number of nitro groups is 1. The number of hydrogen-bond acceptors (Lipinski definition) is 6. The first kappa shape index (κ1) is 22.2. The Kier molecular flexibility index (Phi) is 7.20. The van der Waals surface area contributed by atoms with Gasteiger partial charge in [0.2, 0.25) is 5.75 Å². The molecule has 0 saturated carbocycles. The minimum atomic E-state index is -0.480. The minimum absolute atomic E-state index is 0.0921. The number of carbonyl (C=O) groups is 1. The van der Waals surface area contributed by atoms with Gasteiger partial charge in [0.15, 0.2) is 17.3 Å². The minimum Gasteiger partial charge on any atom is -0.493 e. The largest absolute Gasteiger partial charge is 0.493 e. The third kappa shape index (κ3) is 4.34. The Morgan fingerprint density at radius 2 is 1.72 bits per heavy atom. The monoisotopic (exact) mass is 401 g/mol. The summed E-state index contributed by atoms with van der Waals surface area (Å²) in [6.45, 7) is 7.58. The Balaban J connectivity index is 2.75. The van der Waals surface area contributed by atoms with Crippen molar-refractivity contribution >= 4 is 11.5 Å². The average Bonchev–Trinajstić information content (AvgIpc) is 2.67. The van der Waals surface area contributed by atoms with Gasteiger partial charge in [-0.3, -0.25) is 14.9 Å². The van der Waals surface area contributed by atoms with E-state index in [1.54, 1.807) is 32.9 Å². The molecule has 0 aliphatic heterocycles. The van der Waals surface area contributed by atoms with Crippen LogP contribution in [0.1, 0.15) is 52.4 Å². The van der Waals surface area contributed by atoms with Gasteiger partial charge in [-0.1, -0.05) is 19.4 Å². The van der Waals surface area contributed by atoms with Crippen LogP contribution in [0.2, 0.25) is 0 Å². The molecule has 0 aliphatic rings. The van der Waals surface area contributed by atoms with Gasteiger partial charge in [-0.05, 0) is 44.4 Å². The lowest BCUT2D eigenvalue weighted by Crippen LogP contribution is -2.13. The van der Waals surface area contributed by atoms with Crippen LogP contribution in [-0.4, -0.2) is 31.5 Å². The number of aryl methyl sites for hydroxylation is 2. The predicted molar refractivity (Wildman–Crippen MR) is 111 cm³/mol. The number of nitro benzene ring substituents is 1. The summed E-state index contributed by atoms with van der Waals surface area (Å²) >= 11 is 0. The molecule has 0 saturated heterocycles. The second-order valence-corrected chi connectivity index (χ2v) is 6.82. The first-order valence-electron chi connectivity index (χ1n) is 9.46. The maximum atomic E-state index is 13.6. The topological polar surface area (TPSA) is 87.9 Å². The van der Waals surface area contributed by atoms with E-state index in [1.807, 2.05) is 6.92 Å². The smallest absolute Gasteiger partial charge is 0.273 e. The van der Waals surface area contributed by atoms with E-state index in [4.69, 9.17) is 14.2 Å². The van der Waals surface area contributed by atoms with Crippen molar-refractivity contribution in [1.82, 2.24) is 0 Å². The number of nitrogens with zero attached hydrogens (tertiary/aromatic N) is 1. The molecule has 0 aromatic heterocycles. The fourth-order valence-corrected chi connectivity index (χ4v) is 3.33. The van der Waals surface area contributed by atoms with Gasteiger partial charge in [-0.15, -0.1) is 0 Å². The average molecular weight is 401 g/mol. The normalized spacial score (nSPS) is 10.6. The van der Waals surface area contributed by atoms with E-state index < -0.39 is 4.92 Å². The summed E-state index contributed by atoms with van der Waals surface area (Å²) in [5, 5.41) is 11.4. The summed E-state index contributed by atoms with van der Waals surface area (Å²) < 4.78 is 16.9. The van der Waals surface area contributed by atoms with E-state index >= 15 is 0 Å². The van der Waals surface area contributed by atoms with Crippen molar-refractivity contribution in [3.63, 3.8) is 0 Å². The van der Waals surface area contributed by atoms with E-state index in [1.165, 1.54) is 20.3 Å². The zero-order chi connectivity index (χ0) is 21.7. The van der Waals surface area contributed by atoms with Crippen molar-refractivity contribution in [2.75, 3.05) is 20.8 Å². The van der Waals surface area contributed by atoms with E-state index in [-0.39, 0.29) is 11.5 Å². The second kappa shape index (κ2) is 9.41. The maximum Gasteiger partial charge on any atom is 0.273 e. The highest BCUT2D eigenvalue weighted by Gasteiger charge is 2.29. The SMILES string of the molecule is CCCCOc1c(OC)c(OC)cc(C)c1C(=O)c1c(C)ccc([N+](=O)[O-])c1C. The predicted octanol–water partition coefficient (Wildman–Crippen LogP) is 4.95. The zero-order valence-corrected chi connectivity index (χ0v) is 17.8. The van der Waals surface area contributed by atoms with Crippen LogP contribution < -0.4 is 14.2 Å². The van der Waals surface area contributed by atoms with Crippen LogP contribution in [0.5, 0.6) is 17.2 Å². The lowest BCUT2D eigenvalue weighted by atomic mass is 9.91. The first-order chi connectivity index (χ1) is 13.8. The van der Waals surface area contributed by atoms with Crippen molar-refractivity contribution in [1.29, 1.82) is 0 Å². The van der Waals surface area contributed by atoms with Crippen molar-refractivity contribution in [2.45, 2.75) is 40.5 Å². The highest BCUT2D eigenvalue weighted by atomic mass is 16.6. The summed E-state index contributed by atoms with van der Waals surface area (Å²) in [4.78, 5) is 24.5. The van der Waals surface area contributed by atoms with E-state index in [9.17, 15) is 14.9 Å². The summed E-state index contributed by atoms with van der Waals surface area (Å²) in [6.07, 6.45) is 1.74. The van der Waals surface area contributed by atoms with E-state index in [0.29, 0.717) is 51.7 Å². The van der Waals surface area contributed by atoms with E-state index in [2.05, 4.69) is 0 Å². The van der Waals surface area contributed by atoms with Gasteiger partial charge in [0.1, 0.15) is 0 Å².